The van der Waals surface area contributed by atoms with E-state index in [0.29, 0.717) is 40.7 Å². The molecule has 1 amide bonds. The van der Waals surface area contributed by atoms with Gasteiger partial charge in [0.2, 0.25) is 5.91 Å². The third-order valence-corrected chi connectivity index (χ3v) is 6.09. The maximum atomic E-state index is 12.8. The van der Waals surface area contributed by atoms with Crippen LogP contribution in [0.2, 0.25) is 0 Å². The topological polar surface area (TPSA) is 120 Å². The van der Waals surface area contributed by atoms with Gasteiger partial charge < -0.3 is 19.3 Å². The Morgan fingerprint density at radius 2 is 1.70 bits per heavy atom. The third kappa shape index (κ3) is 5.92. The van der Waals surface area contributed by atoms with E-state index >= 15 is 0 Å². The highest BCUT2D eigenvalue weighted by molar-refractivity contribution is 7.92. The van der Waals surface area contributed by atoms with E-state index < -0.39 is 10.0 Å². The molecule has 9 nitrogen and oxygen atoms in total. The van der Waals surface area contributed by atoms with Gasteiger partial charge in [-0.1, -0.05) is 30.3 Å². The van der Waals surface area contributed by atoms with Gasteiger partial charge in [0.25, 0.3) is 10.0 Å². The second-order valence-electron chi connectivity index (χ2n) is 7.02. The summed E-state index contributed by atoms with van der Waals surface area (Å²) in [7, 11) is -0.856. The molecule has 2 N–H and O–H groups in total. The zero-order chi connectivity index (χ0) is 24.0. The Bertz CT molecular complexity index is 1240. The number of benzene rings is 2. The number of hydrogen-bond donors (Lipinski definition) is 2. The average Bonchev–Trinajstić information content (AvgIpc) is 3.16. The fraction of sp³-hybridized carbons (Fsp3) is 0.217. The Hall–Kier alpha value is -3.79. The molecule has 0 saturated carbocycles. The molecule has 1 heterocycles. The van der Waals surface area contributed by atoms with Gasteiger partial charge in [0.1, 0.15) is 22.9 Å². The quantitative estimate of drug-likeness (QED) is 0.477. The SMILES string of the molecule is CCC(=O)Nc1c(C)noc1/C=C\c1ccc(S(=O)(=O)Nc2cc(OC)cc(OC)c2)cc1. The van der Waals surface area contributed by atoms with Gasteiger partial charge in [-0.25, -0.2) is 8.42 Å². The van der Waals surface area contributed by atoms with Gasteiger partial charge >= 0.3 is 0 Å². The zero-order valence-electron chi connectivity index (χ0n) is 18.7. The number of aromatic nitrogens is 1. The van der Waals surface area contributed by atoms with Crippen molar-refractivity contribution < 1.29 is 27.2 Å². The van der Waals surface area contributed by atoms with Crippen LogP contribution in [0, 0.1) is 6.92 Å². The van der Waals surface area contributed by atoms with Gasteiger partial charge in [-0.2, -0.15) is 0 Å². The van der Waals surface area contributed by atoms with Crippen LogP contribution in [0.25, 0.3) is 12.2 Å². The van der Waals surface area contributed by atoms with Crippen LogP contribution in [0.15, 0.2) is 51.9 Å². The summed E-state index contributed by atoms with van der Waals surface area (Å²) in [5.74, 6) is 1.18. The van der Waals surface area contributed by atoms with Crippen molar-refractivity contribution in [2.24, 2.45) is 0 Å². The first-order valence-electron chi connectivity index (χ1n) is 10.1. The fourth-order valence-corrected chi connectivity index (χ4v) is 3.93. The lowest BCUT2D eigenvalue weighted by Crippen LogP contribution is -2.13. The van der Waals surface area contributed by atoms with Crippen LogP contribution in [0.1, 0.15) is 30.4 Å². The van der Waals surface area contributed by atoms with Crippen LogP contribution in [-0.2, 0) is 14.8 Å². The minimum absolute atomic E-state index is 0.0906. The van der Waals surface area contributed by atoms with E-state index in [9.17, 15) is 13.2 Å². The minimum atomic E-state index is -3.83. The number of methoxy groups -OCH3 is 2. The summed E-state index contributed by atoms with van der Waals surface area (Å²) < 4.78 is 43.7. The molecule has 3 rings (SSSR count). The molecule has 0 aliphatic heterocycles. The van der Waals surface area contributed by atoms with E-state index in [0.717, 1.165) is 5.56 Å². The molecule has 0 aliphatic carbocycles. The second kappa shape index (κ2) is 10.2. The van der Waals surface area contributed by atoms with E-state index in [1.807, 2.05) is 0 Å². The predicted octanol–water partition coefficient (Wildman–Crippen LogP) is 4.32. The molecule has 33 heavy (non-hydrogen) atoms. The number of hydrogen-bond acceptors (Lipinski definition) is 7. The van der Waals surface area contributed by atoms with Crippen molar-refractivity contribution in [3.8, 4) is 11.5 Å². The Balaban J connectivity index is 1.77. The molecule has 0 saturated heterocycles. The van der Waals surface area contributed by atoms with E-state index in [-0.39, 0.29) is 10.8 Å². The Labute approximate surface area is 192 Å². The maximum absolute atomic E-state index is 12.8. The summed E-state index contributed by atoms with van der Waals surface area (Å²) in [5.41, 5.74) is 2.13. The summed E-state index contributed by atoms with van der Waals surface area (Å²) in [6, 6.07) is 11.1. The number of aryl methyl sites for hydroxylation is 1. The van der Waals surface area contributed by atoms with Gasteiger partial charge in [0, 0.05) is 24.6 Å². The monoisotopic (exact) mass is 471 g/mol. The van der Waals surface area contributed by atoms with Crippen LogP contribution in [0.3, 0.4) is 0 Å². The molecule has 0 fully saturated rings. The van der Waals surface area contributed by atoms with Gasteiger partial charge in [-0.15, -0.1) is 0 Å². The first kappa shape index (κ1) is 23.9. The molecule has 0 unspecified atom stereocenters. The molecule has 0 spiro atoms. The predicted molar refractivity (Wildman–Crippen MR) is 126 cm³/mol. The number of anilines is 2. The summed E-state index contributed by atoms with van der Waals surface area (Å²) >= 11 is 0. The van der Waals surface area contributed by atoms with Crippen LogP contribution in [0.5, 0.6) is 11.5 Å². The van der Waals surface area contributed by atoms with Gasteiger partial charge in [-0.3, -0.25) is 9.52 Å². The van der Waals surface area contributed by atoms with Crippen molar-refractivity contribution in [3.63, 3.8) is 0 Å². The average molecular weight is 472 g/mol. The van der Waals surface area contributed by atoms with Crippen molar-refractivity contribution in [1.82, 2.24) is 5.16 Å². The van der Waals surface area contributed by atoms with Crippen LogP contribution in [0.4, 0.5) is 11.4 Å². The van der Waals surface area contributed by atoms with E-state index in [4.69, 9.17) is 14.0 Å². The molecule has 174 valence electrons. The van der Waals surface area contributed by atoms with Crippen LogP contribution < -0.4 is 19.5 Å². The number of amides is 1. The third-order valence-electron chi connectivity index (χ3n) is 4.70. The van der Waals surface area contributed by atoms with Crippen molar-refractivity contribution in [3.05, 3.63) is 59.5 Å². The number of carbonyl (C=O) groups is 1. The summed E-state index contributed by atoms with van der Waals surface area (Å²) in [5, 5.41) is 6.64. The normalized spacial score (nSPS) is 11.4. The number of nitrogens with one attached hydrogen (secondary N) is 2. The molecule has 0 atom stereocenters. The van der Waals surface area contributed by atoms with Crippen molar-refractivity contribution >= 4 is 39.5 Å². The highest BCUT2D eigenvalue weighted by Crippen LogP contribution is 2.28. The van der Waals surface area contributed by atoms with Crippen LogP contribution >= 0.6 is 0 Å². The molecule has 1 aromatic heterocycles. The van der Waals surface area contributed by atoms with Crippen molar-refractivity contribution in [2.45, 2.75) is 25.2 Å². The van der Waals surface area contributed by atoms with Gasteiger partial charge in [0.15, 0.2) is 5.76 Å². The number of ether oxygens (including phenoxy) is 2. The van der Waals surface area contributed by atoms with E-state index in [1.54, 1.807) is 56.3 Å². The molecular weight excluding hydrogens is 446 g/mol. The molecule has 0 bridgehead atoms. The van der Waals surface area contributed by atoms with Crippen LogP contribution in [-0.4, -0.2) is 33.7 Å². The van der Waals surface area contributed by atoms with Crippen molar-refractivity contribution in [2.75, 3.05) is 24.3 Å². The lowest BCUT2D eigenvalue weighted by atomic mass is 10.2. The molecule has 2 aromatic carbocycles. The Morgan fingerprint density at radius 1 is 1.06 bits per heavy atom. The molecule has 0 aliphatic rings. The first-order valence-corrected chi connectivity index (χ1v) is 11.5. The second-order valence-corrected chi connectivity index (χ2v) is 8.70. The molecule has 10 heteroatoms. The number of carbonyl (C=O) groups excluding carboxylic acids is 1. The molecular formula is C23H25N3O6S. The Morgan fingerprint density at radius 3 is 2.27 bits per heavy atom. The number of nitrogens with zero attached hydrogens (tertiary/aromatic N) is 1. The maximum Gasteiger partial charge on any atom is 0.261 e. The van der Waals surface area contributed by atoms with E-state index in [1.165, 1.54) is 26.4 Å². The summed E-state index contributed by atoms with van der Waals surface area (Å²) in [4.78, 5) is 11.8. The summed E-state index contributed by atoms with van der Waals surface area (Å²) in [6.07, 6.45) is 3.73. The fourth-order valence-electron chi connectivity index (χ4n) is 2.89. The lowest BCUT2D eigenvalue weighted by Gasteiger charge is -2.11. The highest BCUT2D eigenvalue weighted by Gasteiger charge is 2.16. The van der Waals surface area contributed by atoms with E-state index in [2.05, 4.69) is 15.2 Å². The smallest absolute Gasteiger partial charge is 0.261 e. The first-order chi connectivity index (χ1) is 15.7. The number of rotatable bonds is 9. The van der Waals surface area contributed by atoms with Crippen molar-refractivity contribution in [1.29, 1.82) is 0 Å². The summed E-state index contributed by atoms with van der Waals surface area (Å²) in [6.45, 7) is 3.49. The largest absolute Gasteiger partial charge is 0.497 e. The van der Waals surface area contributed by atoms with Gasteiger partial charge in [-0.05, 0) is 30.7 Å². The molecule has 3 aromatic rings. The number of sulfonamides is 1. The highest BCUT2D eigenvalue weighted by atomic mass is 32.2. The zero-order valence-corrected chi connectivity index (χ0v) is 19.5. The standard InChI is InChI=1S/C23H25N3O6S/c1-5-22(27)24-23-15(2)25-32-21(23)11-8-16-6-9-20(10-7-16)33(28,29)26-17-12-18(30-3)14-19(13-17)31-4/h6-14,26H,5H2,1-4H3,(H,24,27)/b11-8-. The van der Waals surface area contributed by atoms with Gasteiger partial charge in [0.05, 0.1) is 24.8 Å². The Kier molecular flexibility index (Phi) is 7.39. The minimum Gasteiger partial charge on any atom is -0.497 e. The lowest BCUT2D eigenvalue weighted by molar-refractivity contribution is -0.115. The molecule has 0 radical (unpaired) electrons.